The third-order valence-electron chi connectivity index (χ3n) is 5.37. The molecule has 5 nitrogen and oxygen atoms in total. The van der Waals surface area contributed by atoms with E-state index in [0.717, 1.165) is 50.3 Å². The maximum absolute atomic E-state index is 12.3. The molecular formula is C21H32N2O3. The quantitative estimate of drug-likeness (QED) is 0.812. The minimum absolute atomic E-state index is 0.173. The molecule has 1 N–H and O–H groups in total. The van der Waals surface area contributed by atoms with Crippen LogP contribution in [0.3, 0.4) is 0 Å². The Morgan fingerprint density at radius 2 is 2.23 bits per heavy atom. The van der Waals surface area contributed by atoms with Crippen molar-refractivity contribution in [2.45, 2.75) is 64.6 Å². The fourth-order valence-electron chi connectivity index (χ4n) is 4.08. The van der Waals surface area contributed by atoms with Crippen LogP contribution in [-0.4, -0.2) is 55.3 Å². The molecule has 2 aliphatic rings. The molecule has 0 aromatic heterocycles. The van der Waals surface area contributed by atoms with Gasteiger partial charge in [-0.1, -0.05) is 12.1 Å². The maximum atomic E-state index is 12.3. The lowest BCUT2D eigenvalue weighted by atomic mass is 10.0. The average Bonchev–Trinajstić information content (AvgIpc) is 2.98. The second kappa shape index (κ2) is 8.87. The fraction of sp³-hybridized carbons (Fsp3) is 0.667. The smallest absolute Gasteiger partial charge is 0.220 e. The molecule has 3 atom stereocenters. The number of hydrogen-bond donors (Lipinski definition) is 1. The van der Waals surface area contributed by atoms with Crippen LogP contribution in [0.15, 0.2) is 18.2 Å². The maximum Gasteiger partial charge on any atom is 0.220 e. The van der Waals surface area contributed by atoms with Crippen LogP contribution in [0, 0.1) is 6.92 Å². The van der Waals surface area contributed by atoms with E-state index in [1.807, 2.05) is 13.0 Å². The number of carbonyl (C=O) groups is 1. The standard InChI is InChI=1S/C21H32N2O3/c1-4-25-20-9-8-17(10-15(20)2)6-5-7-21(24)22-18-11-19-14-26-16(3)12-23(19)13-18/h8-10,16,18-19H,4-7,11-14H2,1-3H3,(H,22,24)/t16-,18-,19+/m1/s1. The topological polar surface area (TPSA) is 50.8 Å². The van der Waals surface area contributed by atoms with E-state index >= 15 is 0 Å². The van der Waals surface area contributed by atoms with Crippen LogP contribution in [0.5, 0.6) is 5.75 Å². The van der Waals surface area contributed by atoms with E-state index in [9.17, 15) is 4.79 Å². The van der Waals surface area contributed by atoms with Gasteiger partial charge < -0.3 is 14.8 Å². The van der Waals surface area contributed by atoms with E-state index in [2.05, 4.69) is 36.2 Å². The first kappa shape index (κ1) is 19.2. The summed E-state index contributed by atoms with van der Waals surface area (Å²) in [5.74, 6) is 1.12. The Kier molecular flexibility index (Phi) is 6.54. The molecule has 144 valence electrons. The number of fused-ring (bicyclic) bond motifs is 1. The molecule has 2 saturated heterocycles. The van der Waals surface area contributed by atoms with Crippen molar-refractivity contribution in [2.75, 3.05) is 26.3 Å². The van der Waals surface area contributed by atoms with Crippen molar-refractivity contribution in [3.63, 3.8) is 0 Å². The highest BCUT2D eigenvalue weighted by Crippen LogP contribution is 2.23. The van der Waals surface area contributed by atoms with Crippen molar-refractivity contribution >= 4 is 5.91 Å². The van der Waals surface area contributed by atoms with E-state index in [0.29, 0.717) is 25.2 Å². The zero-order chi connectivity index (χ0) is 18.5. The van der Waals surface area contributed by atoms with Crippen LogP contribution in [0.25, 0.3) is 0 Å². The summed E-state index contributed by atoms with van der Waals surface area (Å²) in [6.07, 6.45) is 3.69. The number of aryl methyl sites for hydroxylation is 2. The minimum Gasteiger partial charge on any atom is -0.494 e. The van der Waals surface area contributed by atoms with Gasteiger partial charge in [0.2, 0.25) is 5.91 Å². The molecule has 2 heterocycles. The Bertz CT molecular complexity index is 619. The highest BCUT2D eigenvalue weighted by atomic mass is 16.5. The molecule has 2 fully saturated rings. The summed E-state index contributed by atoms with van der Waals surface area (Å²) in [7, 11) is 0. The molecule has 0 radical (unpaired) electrons. The zero-order valence-corrected chi connectivity index (χ0v) is 16.3. The van der Waals surface area contributed by atoms with Crippen LogP contribution in [0.1, 0.15) is 44.2 Å². The molecule has 1 amide bonds. The molecule has 0 bridgehead atoms. The van der Waals surface area contributed by atoms with E-state index in [-0.39, 0.29) is 11.9 Å². The number of nitrogens with one attached hydrogen (secondary N) is 1. The van der Waals surface area contributed by atoms with Crippen molar-refractivity contribution in [1.82, 2.24) is 10.2 Å². The zero-order valence-electron chi connectivity index (χ0n) is 16.3. The Balaban J connectivity index is 1.39. The number of morpholine rings is 1. The molecular weight excluding hydrogens is 328 g/mol. The van der Waals surface area contributed by atoms with E-state index in [1.54, 1.807) is 0 Å². The lowest BCUT2D eigenvalue weighted by Crippen LogP contribution is -2.45. The summed E-state index contributed by atoms with van der Waals surface area (Å²) >= 11 is 0. The van der Waals surface area contributed by atoms with Gasteiger partial charge in [0.25, 0.3) is 0 Å². The summed E-state index contributed by atoms with van der Waals surface area (Å²) < 4.78 is 11.3. The Morgan fingerprint density at radius 1 is 1.38 bits per heavy atom. The number of ether oxygens (including phenoxy) is 2. The molecule has 2 aliphatic heterocycles. The predicted molar refractivity (Wildman–Crippen MR) is 103 cm³/mol. The molecule has 26 heavy (non-hydrogen) atoms. The first-order chi connectivity index (χ1) is 12.5. The molecule has 0 spiro atoms. The van der Waals surface area contributed by atoms with Gasteiger partial charge in [0.15, 0.2) is 0 Å². The number of amides is 1. The monoisotopic (exact) mass is 360 g/mol. The van der Waals surface area contributed by atoms with Crippen molar-refractivity contribution in [3.8, 4) is 5.75 Å². The number of carbonyl (C=O) groups excluding carboxylic acids is 1. The van der Waals surface area contributed by atoms with E-state index in [1.165, 1.54) is 5.56 Å². The van der Waals surface area contributed by atoms with Crippen LogP contribution in [0.4, 0.5) is 0 Å². The van der Waals surface area contributed by atoms with Gasteiger partial charge >= 0.3 is 0 Å². The van der Waals surface area contributed by atoms with Gasteiger partial charge in [-0.05, 0) is 57.2 Å². The van der Waals surface area contributed by atoms with Crippen LogP contribution in [-0.2, 0) is 16.0 Å². The van der Waals surface area contributed by atoms with Crippen LogP contribution in [0.2, 0.25) is 0 Å². The van der Waals surface area contributed by atoms with Crippen molar-refractivity contribution in [3.05, 3.63) is 29.3 Å². The molecule has 3 rings (SSSR count). The van der Waals surface area contributed by atoms with Crippen LogP contribution < -0.4 is 10.1 Å². The molecule has 0 saturated carbocycles. The molecule has 5 heteroatoms. The third kappa shape index (κ3) is 4.98. The minimum atomic E-state index is 0.173. The van der Waals surface area contributed by atoms with Crippen molar-refractivity contribution in [2.24, 2.45) is 0 Å². The first-order valence-electron chi connectivity index (χ1n) is 9.92. The number of nitrogens with zero attached hydrogens (tertiary/aromatic N) is 1. The summed E-state index contributed by atoms with van der Waals surface area (Å²) in [5, 5.41) is 3.22. The van der Waals surface area contributed by atoms with E-state index < -0.39 is 0 Å². The summed E-state index contributed by atoms with van der Waals surface area (Å²) in [5.41, 5.74) is 2.43. The van der Waals surface area contributed by atoms with Crippen molar-refractivity contribution < 1.29 is 14.3 Å². The molecule has 0 unspecified atom stereocenters. The number of rotatable bonds is 7. The SMILES string of the molecule is CCOc1ccc(CCCC(=O)N[C@@H]2C[C@H]3CO[C@H](C)CN3C2)cc1C. The third-order valence-corrected chi connectivity index (χ3v) is 5.37. The van der Waals surface area contributed by atoms with Gasteiger partial charge in [-0.3, -0.25) is 9.69 Å². The molecule has 1 aromatic rings. The van der Waals surface area contributed by atoms with Crippen molar-refractivity contribution in [1.29, 1.82) is 0 Å². The van der Waals surface area contributed by atoms with Gasteiger partial charge in [-0.15, -0.1) is 0 Å². The van der Waals surface area contributed by atoms with Gasteiger partial charge in [0, 0.05) is 31.6 Å². The second-order valence-electron chi connectivity index (χ2n) is 7.64. The second-order valence-corrected chi connectivity index (χ2v) is 7.64. The largest absolute Gasteiger partial charge is 0.494 e. The predicted octanol–water partition coefficient (Wildman–Crippen LogP) is 2.69. The van der Waals surface area contributed by atoms with Gasteiger partial charge in [0.05, 0.1) is 19.3 Å². The first-order valence-corrected chi connectivity index (χ1v) is 9.92. The molecule has 0 aliphatic carbocycles. The van der Waals surface area contributed by atoms with Gasteiger partial charge in [-0.2, -0.15) is 0 Å². The Morgan fingerprint density at radius 3 is 3.00 bits per heavy atom. The highest BCUT2D eigenvalue weighted by Gasteiger charge is 2.36. The van der Waals surface area contributed by atoms with Gasteiger partial charge in [0.1, 0.15) is 5.75 Å². The fourth-order valence-corrected chi connectivity index (χ4v) is 4.08. The molecule has 1 aromatic carbocycles. The van der Waals surface area contributed by atoms with Gasteiger partial charge in [-0.25, -0.2) is 0 Å². The number of hydrogen-bond acceptors (Lipinski definition) is 4. The number of benzene rings is 1. The van der Waals surface area contributed by atoms with E-state index in [4.69, 9.17) is 9.47 Å². The Hall–Kier alpha value is -1.59. The lowest BCUT2D eigenvalue weighted by Gasteiger charge is -2.33. The Labute approximate surface area is 157 Å². The normalized spacial score (nSPS) is 25.7. The lowest BCUT2D eigenvalue weighted by molar-refractivity contribution is -0.121. The summed E-state index contributed by atoms with van der Waals surface area (Å²) in [6.45, 7) is 9.60. The van der Waals surface area contributed by atoms with Crippen LogP contribution >= 0.6 is 0 Å². The summed E-state index contributed by atoms with van der Waals surface area (Å²) in [4.78, 5) is 14.7. The summed E-state index contributed by atoms with van der Waals surface area (Å²) in [6, 6.07) is 7.05. The highest BCUT2D eigenvalue weighted by molar-refractivity contribution is 5.76. The average molecular weight is 360 g/mol.